The highest BCUT2D eigenvalue weighted by molar-refractivity contribution is 7.80. The molecule has 4 aliphatic carbocycles. The first-order valence-corrected chi connectivity index (χ1v) is 8.54. The van der Waals surface area contributed by atoms with Crippen molar-refractivity contribution in [2.24, 2.45) is 0 Å². The molecule has 0 saturated heterocycles. The Bertz CT molecular complexity index is 673. The predicted molar refractivity (Wildman–Crippen MR) is 99.0 cm³/mol. The lowest BCUT2D eigenvalue weighted by atomic mass is 9.95. The molecular weight excluding hydrogens is 286 g/mol. The van der Waals surface area contributed by atoms with Crippen LogP contribution < -0.4 is 4.90 Å². The molecule has 6 rings (SSSR count). The maximum absolute atomic E-state index is 5.52. The second-order valence-corrected chi connectivity index (χ2v) is 6.56. The Hall–Kier alpha value is -1.67. The first-order valence-electron chi connectivity index (χ1n) is 8.13. The Morgan fingerprint density at radius 1 is 0.909 bits per heavy atom. The Labute approximate surface area is 139 Å². The molecule has 0 N–H and O–H groups in total. The fraction of sp³-hybridized carbons (Fsp3) is 0.350. The van der Waals surface area contributed by atoms with E-state index in [1.54, 1.807) is 0 Å². The zero-order chi connectivity index (χ0) is 15.5. The van der Waals surface area contributed by atoms with Crippen LogP contribution in [-0.2, 0) is 25.7 Å². The summed E-state index contributed by atoms with van der Waals surface area (Å²) in [5.74, 6) is 0. The molecule has 0 amide bonds. The van der Waals surface area contributed by atoms with Crippen LogP contribution in [0.1, 0.15) is 35.6 Å². The van der Waals surface area contributed by atoms with Crippen molar-refractivity contribution in [1.29, 1.82) is 0 Å². The summed E-state index contributed by atoms with van der Waals surface area (Å²) in [7, 11) is 2.11. The number of thiocarbonyl (C=S) groups is 1. The van der Waals surface area contributed by atoms with Crippen molar-refractivity contribution in [2.45, 2.75) is 39.0 Å². The molecule has 0 aromatic heterocycles. The molecule has 2 aromatic rings. The van der Waals surface area contributed by atoms with Crippen LogP contribution in [0, 0.1) is 0 Å². The number of anilines is 1. The lowest BCUT2D eigenvalue weighted by Gasteiger charge is -2.24. The molecule has 0 saturated carbocycles. The summed E-state index contributed by atoms with van der Waals surface area (Å²) in [6.07, 6.45) is 5.24. The number of benzene rings is 2. The van der Waals surface area contributed by atoms with E-state index in [1.807, 2.05) is 0 Å². The zero-order valence-electron chi connectivity index (χ0n) is 13.4. The number of hydrogen-bond acceptors (Lipinski definition) is 1. The van der Waals surface area contributed by atoms with Crippen molar-refractivity contribution in [3.63, 3.8) is 0 Å². The van der Waals surface area contributed by atoms with Gasteiger partial charge < -0.3 is 4.90 Å². The summed E-state index contributed by atoms with van der Waals surface area (Å²) < 4.78 is 0. The largest absolute Gasteiger partial charge is 0.339 e. The monoisotopic (exact) mass is 309 g/mol. The van der Waals surface area contributed by atoms with Crippen LogP contribution in [0.2, 0.25) is 0 Å². The summed E-state index contributed by atoms with van der Waals surface area (Å²) in [4.78, 5) is 3.20. The standard InChI is InChI=1S/C20H23NS/c1-3-20(22)21(2)19-14-17-9-8-15-4-6-16(7-5-15)10-12-18(19)13-11-17/h4-7,11,13-14H,3,8-10,12H2,1-2H3. The van der Waals surface area contributed by atoms with Gasteiger partial charge in [-0.25, -0.2) is 0 Å². The summed E-state index contributed by atoms with van der Waals surface area (Å²) in [6.45, 7) is 2.13. The van der Waals surface area contributed by atoms with E-state index in [0.29, 0.717) is 0 Å². The molecule has 114 valence electrons. The minimum Gasteiger partial charge on any atom is -0.339 e. The van der Waals surface area contributed by atoms with Crippen LogP contribution in [0.15, 0.2) is 42.5 Å². The van der Waals surface area contributed by atoms with Crippen molar-refractivity contribution < 1.29 is 0 Å². The van der Waals surface area contributed by atoms with Gasteiger partial charge in [-0.1, -0.05) is 55.5 Å². The summed E-state index contributed by atoms with van der Waals surface area (Å²) in [5.41, 5.74) is 6.92. The Balaban J connectivity index is 1.98. The molecule has 2 heteroatoms. The van der Waals surface area contributed by atoms with E-state index in [4.69, 9.17) is 12.2 Å². The van der Waals surface area contributed by atoms with Crippen molar-refractivity contribution in [1.82, 2.24) is 0 Å². The Morgan fingerprint density at radius 3 is 2.09 bits per heavy atom. The van der Waals surface area contributed by atoms with Crippen LogP contribution in [0.4, 0.5) is 5.69 Å². The van der Waals surface area contributed by atoms with Gasteiger partial charge in [-0.2, -0.15) is 0 Å². The van der Waals surface area contributed by atoms with Crippen molar-refractivity contribution in [3.8, 4) is 0 Å². The van der Waals surface area contributed by atoms with Crippen LogP contribution in [-0.4, -0.2) is 12.0 Å². The average Bonchev–Trinajstić information content (AvgIpc) is 2.56. The highest BCUT2D eigenvalue weighted by Crippen LogP contribution is 2.26. The molecule has 0 radical (unpaired) electrons. The van der Waals surface area contributed by atoms with E-state index in [-0.39, 0.29) is 0 Å². The van der Waals surface area contributed by atoms with Gasteiger partial charge in [-0.05, 0) is 60.4 Å². The molecule has 22 heavy (non-hydrogen) atoms. The minimum absolute atomic E-state index is 0.913. The highest BCUT2D eigenvalue weighted by atomic mass is 32.1. The number of aryl methyl sites for hydroxylation is 4. The van der Waals surface area contributed by atoms with Crippen molar-refractivity contribution in [2.75, 3.05) is 11.9 Å². The molecule has 4 bridgehead atoms. The summed E-state index contributed by atoms with van der Waals surface area (Å²) in [5, 5.41) is 0. The third-order valence-corrected chi connectivity index (χ3v) is 5.16. The van der Waals surface area contributed by atoms with Gasteiger partial charge in [0.25, 0.3) is 0 Å². The predicted octanol–water partition coefficient (Wildman–Crippen LogP) is 4.74. The first kappa shape index (κ1) is 15.2. The second-order valence-electron chi connectivity index (χ2n) is 6.09. The summed E-state index contributed by atoms with van der Waals surface area (Å²) >= 11 is 5.52. The van der Waals surface area contributed by atoms with Gasteiger partial charge in [0.15, 0.2) is 0 Å². The Morgan fingerprint density at radius 2 is 1.45 bits per heavy atom. The molecule has 0 spiro atoms. The lowest BCUT2D eigenvalue weighted by molar-refractivity contribution is 0.917. The molecule has 0 unspecified atom stereocenters. The fourth-order valence-corrected chi connectivity index (χ4v) is 3.20. The number of nitrogens with zero attached hydrogens (tertiary/aromatic N) is 1. The third-order valence-electron chi connectivity index (χ3n) is 4.60. The van der Waals surface area contributed by atoms with Gasteiger partial charge in [0.2, 0.25) is 0 Å². The molecule has 0 heterocycles. The second kappa shape index (κ2) is 6.62. The van der Waals surface area contributed by atoms with E-state index >= 15 is 0 Å². The molecular formula is C20H23NS. The van der Waals surface area contributed by atoms with E-state index in [9.17, 15) is 0 Å². The zero-order valence-corrected chi connectivity index (χ0v) is 14.2. The van der Waals surface area contributed by atoms with E-state index in [1.165, 1.54) is 27.9 Å². The fourth-order valence-electron chi connectivity index (χ4n) is 3.10. The molecule has 0 atom stereocenters. The van der Waals surface area contributed by atoms with Crippen molar-refractivity contribution >= 4 is 22.9 Å². The van der Waals surface area contributed by atoms with Gasteiger partial charge in [0.1, 0.15) is 0 Å². The highest BCUT2D eigenvalue weighted by Gasteiger charge is 2.13. The van der Waals surface area contributed by atoms with E-state index in [2.05, 4.69) is 61.3 Å². The topological polar surface area (TPSA) is 3.24 Å². The van der Waals surface area contributed by atoms with Crippen LogP contribution in [0.5, 0.6) is 0 Å². The quantitative estimate of drug-likeness (QED) is 0.737. The van der Waals surface area contributed by atoms with Gasteiger partial charge in [-0.15, -0.1) is 0 Å². The smallest absolute Gasteiger partial charge is 0.0818 e. The van der Waals surface area contributed by atoms with Gasteiger partial charge in [-0.3, -0.25) is 0 Å². The molecule has 4 aliphatic rings. The number of hydrogen-bond donors (Lipinski definition) is 0. The maximum Gasteiger partial charge on any atom is 0.0818 e. The molecule has 0 aliphatic heterocycles. The number of rotatable bonds is 2. The van der Waals surface area contributed by atoms with E-state index in [0.717, 1.165) is 37.1 Å². The Kier molecular flexibility index (Phi) is 4.58. The van der Waals surface area contributed by atoms with E-state index < -0.39 is 0 Å². The molecule has 0 fully saturated rings. The van der Waals surface area contributed by atoms with Crippen LogP contribution >= 0.6 is 12.2 Å². The van der Waals surface area contributed by atoms with Crippen LogP contribution in [0.3, 0.4) is 0 Å². The van der Waals surface area contributed by atoms with Crippen molar-refractivity contribution in [3.05, 3.63) is 64.7 Å². The van der Waals surface area contributed by atoms with Gasteiger partial charge in [0.05, 0.1) is 4.99 Å². The van der Waals surface area contributed by atoms with Crippen LogP contribution in [0.25, 0.3) is 0 Å². The molecule has 1 nitrogen and oxygen atoms in total. The average molecular weight is 309 g/mol. The third kappa shape index (κ3) is 3.22. The van der Waals surface area contributed by atoms with Gasteiger partial charge >= 0.3 is 0 Å². The minimum atomic E-state index is 0.913. The first-order chi connectivity index (χ1) is 10.7. The summed E-state index contributed by atoms with van der Waals surface area (Å²) in [6, 6.07) is 16.0. The maximum atomic E-state index is 5.52. The lowest BCUT2D eigenvalue weighted by Crippen LogP contribution is -2.25. The SMILES string of the molecule is CCC(=S)N(C)c1cc2ccc1CCc1ccc(cc1)CC2. The van der Waals surface area contributed by atoms with Gasteiger partial charge in [0, 0.05) is 12.7 Å². The molecule has 2 aromatic carbocycles. The normalized spacial score (nSPS) is 13.5.